The maximum Gasteiger partial charge on any atom is 0.337 e. The smallest absolute Gasteiger partial charge is 0.337 e. The van der Waals surface area contributed by atoms with Crippen molar-refractivity contribution in [2.24, 2.45) is 0 Å². The molecule has 0 aliphatic rings. The van der Waals surface area contributed by atoms with Crippen molar-refractivity contribution in [1.29, 1.82) is 0 Å². The molecule has 6 heteroatoms. The summed E-state index contributed by atoms with van der Waals surface area (Å²) in [4.78, 5) is 23.1. The summed E-state index contributed by atoms with van der Waals surface area (Å²) in [5.74, 6) is 0.283. The summed E-state index contributed by atoms with van der Waals surface area (Å²) in [5, 5.41) is 0.643. The number of hydrogen-bond acceptors (Lipinski definition) is 5. The van der Waals surface area contributed by atoms with E-state index in [1.807, 2.05) is 0 Å². The lowest BCUT2D eigenvalue weighted by atomic mass is 10.2. The third-order valence-electron chi connectivity index (χ3n) is 3.11. The monoisotopic (exact) mass is 348 g/mol. The van der Waals surface area contributed by atoms with E-state index >= 15 is 0 Å². The van der Waals surface area contributed by atoms with E-state index in [2.05, 4.69) is 4.74 Å². The number of carbonyl (C=O) groups is 2. The number of ether oxygens (including phenoxy) is 3. The van der Waals surface area contributed by atoms with Crippen LogP contribution < -0.4 is 9.47 Å². The maximum absolute atomic E-state index is 11.8. The van der Waals surface area contributed by atoms with Gasteiger partial charge in [0.25, 0.3) is 0 Å². The van der Waals surface area contributed by atoms with Gasteiger partial charge in [-0.25, -0.2) is 4.79 Å². The Balaban J connectivity index is 1.71. The molecule has 0 N–H and O–H groups in total. The Kier molecular flexibility index (Phi) is 6.63. The largest absolute Gasteiger partial charge is 0.494 e. The Bertz CT molecular complexity index is 680. The fourth-order valence-electron chi connectivity index (χ4n) is 1.90. The van der Waals surface area contributed by atoms with Gasteiger partial charge in [-0.2, -0.15) is 0 Å². The molecule has 0 saturated carbocycles. The predicted molar refractivity (Wildman–Crippen MR) is 89.6 cm³/mol. The first-order valence-corrected chi connectivity index (χ1v) is 7.73. The Morgan fingerprint density at radius 3 is 2.21 bits per heavy atom. The van der Waals surface area contributed by atoms with Crippen molar-refractivity contribution < 1.29 is 23.8 Å². The molecule has 0 aromatic heterocycles. The van der Waals surface area contributed by atoms with E-state index in [0.29, 0.717) is 35.1 Å². The molecule has 0 aliphatic heterocycles. The van der Waals surface area contributed by atoms with E-state index in [4.69, 9.17) is 21.1 Å². The van der Waals surface area contributed by atoms with Crippen LogP contribution in [0, 0.1) is 0 Å². The van der Waals surface area contributed by atoms with Gasteiger partial charge >= 0.3 is 11.9 Å². The van der Waals surface area contributed by atoms with Gasteiger partial charge in [0, 0.05) is 11.4 Å². The molecule has 24 heavy (non-hydrogen) atoms. The molecule has 126 valence electrons. The third kappa shape index (κ3) is 5.59. The highest BCUT2D eigenvalue weighted by Gasteiger charge is 2.08. The highest BCUT2D eigenvalue weighted by atomic mass is 35.5. The molecule has 0 unspecified atom stereocenters. The standard InChI is InChI=1S/C18H17ClO5/c1-22-18(21)13-4-8-16(9-5-13)24-17(20)3-2-12-23-15-10-6-14(19)7-11-15/h4-11H,2-3,12H2,1H3. The van der Waals surface area contributed by atoms with E-state index in [-0.39, 0.29) is 12.4 Å². The molecule has 5 nitrogen and oxygen atoms in total. The van der Waals surface area contributed by atoms with Crippen molar-refractivity contribution >= 4 is 23.5 Å². The maximum atomic E-state index is 11.8. The number of carbonyl (C=O) groups excluding carboxylic acids is 2. The summed E-state index contributed by atoms with van der Waals surface area (Å²) in [6.45, 7) is 0.401. The first-order valence-electron chi connectivity index (χ1n) is 7.36. The van der Waals surface area contributed by atoms with E-state index in [1.54, 1.807) is 36.4 Å². The van der Waals surface area contributed by atoms with Crippen LogP contribution in [-0.2, 0) is 9.53 Å². The van der Waals surface area contributed by atoms with Gasteiger partial charge in [0.05, 0.1) is 19.3 Å². The van der Waals surface area contributed by atoms with Gasteiger partial charge in [-0.1, -0.05) is 11.6 Å². The minimum Gasteiger partial charge on any atom is -0.494 e. The Hall–Kier alpha value is -2.53. The fraction of sp³-hybridized carbons (Fsp3) is 0.222. The number of methoxy groups -OCH3 is 1. The van der Waals surface area contributed by atoms with Gasteiger partial charge in [0.2, 0.25) is 0 Å². The molecular weight excluding hydrogens is 332 g/mol. The van der Waals surface area contributed by atoms with Crippen molar-refractivity contribution in [3.8, 4) is 11.5 Å². The van der Waals surface area contributed by atoms with E-state index in [1.165, 1.54) is 19.2 Å². The van der Waals surface area contributed by atoms with Crippen LogP contribution in [0.2, 0.25) is 5.02 Å². The minimum absolute atomic E-state index is 0.229. The average Bonchev–Trinajstić information content (AvgIpc) is 2.60. The normalized spacial score (nSPS) is 10.1. The Labute approximate surface area is 145 Å². The van der Waals surface area contributed by atoms with Gasteiger partial charge in [0.1, 0.15) is 11.5 Å². The molecule has 0 saturated heterocycles. The Morgan fingerprint density at radius 2 is 1.58 bits per heavy atom. The number of benzene rings is 2. The topological polar surface area (TPSA) is 61.8 Å². The van der Waals surface area contributed by atoms with Crippen LogP contribution in [0.1, 0.15) is 23.2 Å². The molecule has 0 radical (unpaired) electrons. The van der Waals surface area contributed by atoms with Crippen molar-refractivity contribution in [1.82, 2.24) is 0 Å². The van der Waals surface area contributed by atoms with Gasteiger partial charge in [-0.3, -0.25) is 4.79 Å². The van der Waals surface area contributed by atoms with E-state index < -0.39 is 5.97 Å². The molecule has 0 fully saturated rings. The van der Waals surface area contributed by atoms with Crippen molar-refractivity contribution in [3.63, 3.8) is 0 Å². The van der Waals surface area contributed by atoms with E-state index in [9.17, 15) is 9.59 Å². The lowest BCUT2D eigenvalue weighted by molar-refractivity contribution is -0.134. The molecular formula is C18H17ClO5. The van der Waals surface area contributed by atoms with E-state index in [0.717, 1.165) is 0 Å². The molecule has 0 aliphatic carbocycles. The summed E-state index contributed by atoms with van der Waals surface area (Å²) in [6.07, 6.45) is 0.758. The second-order valence-electron chi connectivity index (χ2n) is 4.90. The second kappa shape index (κ2) is 8.93. The van der Waals surface area contributed by atoms with Crippen LogP contribution in [0.25, 0.3) is 0 Å². The summed E-state index contributed by atoms with van der Waals surface area (Å²) in [5.41, 5.74) is 0.397. The van der Waals surface area contributed by atoms with Gasteiger partial charge < -0.3 is 14.2 Å². The highest BCUT2D eigenvalue weighted by molar-refractivity contribution is 6.30. The fourth-order valence-corrected chi connectivity index (χ4v) is 2.02. The lowest BCUT2D eigenvalue weighted by Crippen LogP contribution is -2.10. The lowest BCUT2D eigenvalue weighted by Gasteiger charge is -2.07. The molecule has 0 heterocycles. The van der Waals surface area contributed by atoms with Crippen LogP contribution in [0.4, 0.5) is 0 Å². The first-order chi connectivity index (χ1) is 11.6. The quantitative estimate of drug-likeness (QED) is 0.431. The molecule has 0 bridgehead atoms. The summed E-state index contributed by atoms with van der Waals surface area (Å²) >= 11 is 5.78. The molecule has 2 rings (SSSR count). The van der Waals surface area contributed by atoms with Crippen molar-refractivity contribution in [3.05, 3.63) is 59.1 Å². The summed E-state index contributed by atoms with van der Waals surface area (Å²) in [6, 6.07) is 13.2. The van der Waals surface area contributed by atoms with Gasteiger partial charge in [-0.15, -0.1) is 0 Å². The van der Waals surface area contributed by atoms with Crippen LogP contribution in [0.15, 0.2) is 48.5 Å². The molecule has 0 atom stereocenters. The zero-order valence-electron chi connectivity index (χ0n) is 13.2. The van der Waals surface area contributed by atoms with Crippen LogP contribution in [-0.4, -0.2) is 25.7 Å². The zero-order valence-corrected chi connectivity index (χ0v) is 13.9. The number of rotatable bonds is 7. The number of halogens is 1. The molecule has 0 spiro atoms. The van der Waals surface area contributed by atoms with Crippen molar-refractivity contribution in [2.45, 2.75) is 12.8 Å². The van der Waals surface area contributed by atoms with Gasteiger partial charge in [-0.05, 0) is 55.0 Å². The van der Waals surface area contributed by atoms with Crippen LogP contribution in [0.3, 0.4) is 0 Å². The Morgan fingerprint density at radius 1 is 0.958 bits per heavy atom. The molecule has 2 aromatic carbocycles. The third-order valence-corrected chi connectivity index (χ3v) is 3.37. The highest BCUT2D eigenvalue weighted by Crippen LogP contribution is 2.16. The number of hydrogen-bond donors (Lipinski definition) is 0. The summed E-state index contributed by atoms with van der Waals surface area (Å²) < 4.78 is 15.3. The second-order valence-corrected chi connectivity index (χ2v) is 5.33. The van der Waals surface area contributed by atoms with Crippen LogP contribution >= 0.6 is 11.6 Å². The number of esters is 2. The SMILES string of the molecule is COC(=O)c1ccc(OC(=O)CCCOc2ccc(Cl)cc2)cc1. The van der Waals surface area contributed by atoms with Crippen molar-refractivity contribution in [2.75, 3.05) is 13.7 Å². The molecule has 2 aromatic rings. The first kappa shape index (κ1) is 17.8. The summed E-state index contributed by atoms with van der Waals surface area (Å²) in [7, 11) is 1.31. The minimum atomic E-state index is -0.438. The molecule has 0 amide bonds. The van der Waals surface area contributed by atoms with Gasteiger partial charge in [0.15, 0.2) is 0 Å². The average molecular weight is 349 g/mol. The predicted octanol–water partition coefficient (Wildman–Crippen LogP) is 3.89. The zero-order chi connectivity index (χ0) is 17.4. The van der Waals surface area contributed by atoms with Crippen LogP contribution in [0.5, 0.6) is 11.5 Å².